The average molecular weight is 270 g/mol. The lowest BCUT2D eigenvalue weighted by molar-refractivity contribution is -0.118. The van der Waals surface area contributed by atoms with Crippen LogP contribution in [0.1, 0.15) is 12.5 Å². The molecule has 0 saturated heterocycles. The number of aryl methyl sites for hydroxylation is 1. The van der Waals surface area contributed by atoms with E-state index in [-0.39, 0.29) is 18.3 Å². The number of carbonyl (C=O) groups is 1. The van der Waals surface area contributed by atoms with Crippen LogP contribution in [0.4, 0.5) is 11.4 Å². The zero-order valence-corrected chi connectivity index (χ0v) is 10.9. The molecule has 0 unspecified atom stereocenters. The van der Waals surface area contributed by atoms with Gasteiger partial charge in [-0.3, -0.25) is 9.52 Å². The number of carbonyl (C=O) groups excluding carboxylic acids is 1. The van der Waals surface area contributed by atoms with Gasteiger partial charge in [-0.15, -0.1) is 0 Å². The number of fused-ring (bicyclic) bond motifs is 1. The van der Waals surface area contributed by atoms with Crippen molar-refractivity contribution in [3.63, 3.8) is 0 Å². The van der Waals surface area contributed by atoms with Crippen LogP contribution in [-0.2, 0) is 14.8 Å². The fourth-order valence-corrected chi connectivity index (χ4v) is 2.29. The van der Waals surface area contributed by atoms with Crippen LogP contribution in [0.3, 0.4) is 0 Å². The van der Waals surface area contributed by atoms with Gasteiger partial charge < -0.3 is 10.1 Å². The Morgan fingerprint density at radius 2 is 2.17 bits per heavy atom. The highest BCUT2D eigenvalue weighted by Gasteiger charge is 2.21. The molecule has 0 spiro atoms. The smallest absolute Gasteiger partial charge is 0.262 e. The summed E-state index contributed by atoms with van der Waals surface area (Å²) in [5, 5.41) is 2.65. The van der Waals surface area contributed by atoms with E-state index in [9.17, 15) is 13.2 Å². The van der Waals surface area contributed by atoms with Gasteiger partial charge in [0.2, 0.25) is 10.0 Å². The fraction of sp³-hybridized carbons (Fsp3) is 0.364. The van der Waals surface area contributed by atoms with Crippen LogP contribution in [-0.4, -0.2) is 26.7 Å². The van der Waals surface area contributed by atoms with Crippen LogP contribution in [0.5, 0.6) is 5.75 Å². The molecule has 98 valence electrons. The van der Waals surface area contributed by atoms with Crippen molar-refractivity contribution in [1.82, 2.24) is 0 Å². The maximum atomic E-state index is 11.6. The molecule has 0 aromatic heterocycles. The maximum absolute atomic E-state index is 11.6. The first-order valence-corrected chi connectivity index (χ1v) is 7.14. The molecular weight excluding hydrogens is 256 g/mol. The Morgan fingerprint density at radius 1 is 1.44 bits per heavy atom. The van der Waals surface area contributed by atoms with E-state index in [1.807, 2.05) is 6.92 Å². The minimum atomic E-state index is -3.38. The Bertz CT molecular complexity index is 595. The molecule has 6 nitrogen and oxygen atoms in total. The molecule has 0 bridgehead atoms. The highest BCUT2D eigenvalue weighted by molar-refractivity contribution is 7.92. The monoisotopic (exact) mass is 270 g/mol. The summed E-state index contributed by atoms with van der Waals surface area (Å²) < 4.78 is 30.9. The van der Waals surface area contributed by atoms with Crippen LogP contribution in [0, 0.1) is 6.92 Å². The van der Waals surface area contributed by atoms with Crippen molar-refractivity contribution in [2.24, 2.45) is 0 Å². The first-order chi connectivity index (χ1) is 8.41. The van der Waals surface area contributed by atoms with Gasteiger partial charge in [0.15, 0.2) is 12.4 Å². The summed E-state index contributed by atoms with van der Waals surface area (Å²) in [7, 11) is -3.38. The van der Waals surface area contributed by atoms with E-state index in [1.54, 1.807) is 19.1 Å². The lowest BCUT2D eigenvalue weighted by Gasteiger charge is -2.21. The molecule has 7 heteroatoms. The minimum Gasteiger partial charge on any atom is -0.479 e. The number of sulfonamides is 1. The number of benzene rings is 1. The Hall–Kier alpha value is -1.76. The third kappa shape index (κ3) is 2.56. The number of hydrogen-bond acceptors (Lipinski definition) is 4. The quantitative estimate of drug-likeness (QED) is 0.861. The highest BCUT2D eigenvalue weighted by Crippen LogP contribution is 2.37. The van der Waals surface area contributed by atoms with E-state index < -0.39 is 10.0 Å². The molecule has 0 atom stereocenters. The minimum absolute atomic E-state index is 0.0257. The summed E-state index contributed by atoms with van der Waals surface area (Å²) in [5.74, 6) is 0.0804. The molecule has 2 N–H and O–H groups in total. The van der Waals surface area contributed by atoms with Crippen molar-refractivity contribution in [2.75, 3.05) is 22.4 Å². The Labute approximate surface area is 105 Å². The summed E-state index contributed by atoms with van der Waals surface area (Å²) >= 11 is 0. The Balaban J connectivity index is 2.45. The summed E-state index contributed by atoms with van der Waals surface area (Å²) in [5.41, 5.74) is 1.67. The third-order valence-corrected chi connectivity index (χ3v) is 3.79. The van der Waals surface area contributed by atoms with Crippen molar-refractivity contribution in [3.05, 3.63) is 17.7 Å². The molecule has 1 aromatic carbocycles. The summed E-state index contributed by atoms with van der Waals surface area (Å²) in [4.78, 5) is 11.2. The van der Waals surface area contributed by atoms with Gasteiger partial charge in [-0.1, -0.05) is 0 Å². The molecule has 0 radical (unpaired) electrons. The van der Waals surface area contributed by atoms with E-state index in [2.05, 4.69) is 10.0 Å². The first kappa shape index (κ1) is 12.7. The van der Waals surface area contributed by atoms with Crippen LogP contribution in [0.15, 0.2) is 12.1 Å². The number of rotatable bonds is 3. The second-order valence-electron chi connectivity index (χ2n) is 4.03. The molecule has 1 aliphatic heterocycles. The van der Waals surface area contributed by atoms with Crippen LogP contribution in [0.25, 0.3) is 0 Å². The standard InChI is InChI=1S/C11H14N2O4S/c1-3-18(15,16)13-9-5-7(2)4-8-11(9)17-6-10(14)12-8/h4-5,13H,3,6H2,1-2H3,(H,12,14). The molecule has 1 heterocycles. The molecule has 0 fully saturated rings. The van der Waals surface area contributed by atoms with E-state index in [0.29, 0.717) is 17.1 Å². The third-order valence-electron chi connectivity index (χ3n) is 2.50. The second kappa shape index (κ2) is 4.49. The van der Waals surface area contributed by atoms with Crippen molar-refractivity contribution in [2.45, 2.75) is 13.8 Å². The topological polar surface area (TPSA) is 84.5 Å². The van der Waals surface area contributed by atoms with Gasteiger partial charge in [-0.05, 0) is 31.5 Å². The number of amides is 1. The van der Waals surface area contributed by atoms with Crippen LogP contribution in [0.2, 0.25) is 0 Å². The molecule has 0 aliphatic carbocycles. The fourth-order valence-electron chi connectivity index (χ4n) is 1.66. The zero-order chi connectivity index (χ0) is 13.3. The van der Waals surface area contributed by atoms with E-state index in [1.165, 1.54) is 0 Å². The van der Waals surface area contributed by atoms with Crippen molar-refractivity contribution < 1.29 is 17.9 Å². The van der Waals surface area contributed by atoms with Gasteiger partial charge in [0.25, 0.3) is 5.91 Å². The zero-order valence-electron chi connectivity index (χ0n) is 10.1. The normalized spacial score (nSPS) is 14.4. The summed E-state index contributed by atoms with van der Waals surface area (Å²) in [6.07, 6.45) is 0. The number of nitrogens with one attached hydrogen (secondary N) is 2. The van der Waals surface area contributed by atoms with Crippen molar-refractivity contribution in [3.8, 4) is 5.75 Å². The predicted octanol–water partition coefficient (Wildman–Crippen LogP) is 1.09. The average Bonchev–Trinajstić information content (AvgIpc) is 2.27. The molecule has 18 heavy (non-hydrogen) atoms. The van der Waals surface area contributed by atoms with Gasteiger partial charge in [0, 0.05) is 0 Å². The van der Waals surface area contributed by atoms with Crippen LogP contribution < -0.4 is 14.8 Å². The lowest BCUT2D eigenvalue weighted by atomic mass is 10.1. The number of ether oxygens (including phenoxy) is 1. The molecule has 0 saturated carbocycles. The molecular formula is C11H14N2O4S. The lowest BCUT2D eigenvalue weighted by Crippen LogP contribution is -2.26. The Kier molecular flexibility index (Phi) is 3.16. The van der Waals surface area contributed by atoms with Gasteiger partial charge in [-0.2, -0.15) is 0 Å². The SMILES string of the molecule is CCS(=O)(=O)Nc1cc(C)cc2c1OCC(=O)N2. The summed E-state index contributed by atoms with van der Waals surface area (Å²) in [6, 6.07) is 3.40. The van der Waals surface area contributed by atoms with Crippen molar-refractivity contribution >= 4 is 27.3 Å². The molecule has 1 aromatic rings. The van der Waals surface area contributed by atoms with Gasteiger partial charge in [0.1, 0.15) is 0 Å². The predicted molar refractivity (Wildman–Crippen MR) is 68.4 cm³/mol. The number of hydrogen-bond donors (Lipinski definition) is 2. The van der Waals surface area contributed by atoms with Crippen molar-refractivity contribution in [1.29, 1.82) is 0 Å². The van der Waals surface area contributed by atoms with E-state index in [4.69, 9.17) is 4.74 Å². The van der Waals surface area contributed by atoms with Gasteiger partial charge in [-0.25, -0.2) is 8.42 Å². The van der Waals surface area contributed by atoms with Gasteiger partial charge in [0.05, 0.1) is 17.1 Å². The molecule has 1 aliphatic rings. The molecule has 2 rings (SSSR count). The van der Waals surface area contributed by atoms with E-state index in [0.717, 1.165) is 5.56 Å². The largest absolute Gasteiger partial charge is 0.479 e. The number of anilines is 2. The van der Waals surface area contributed by atoms with Crippen LogP contribution >= 0.6 is 0 Å². The Morgan fingerprint density at radius 3 is 2.83 bits per heavy atom. The second-order valence-corrected chi connectivity index (χ2v) is 6.04. The van der Waals surface area contributed by atoms with Gasteiger partial charge >= 0.3 is 0 Å². The highest BCUT2D eigenvalue weighted by atomic mass is 32.2. The maximum Gasteiger partial charge on any atom is 0.262 e. The first-order valence-electron chi connectivity index (χ1n) is 5.49. The van der Waals surface area contributed by atoms with E-state index >= 15 is 0 Å². The summed E-state index contributed by atoms with van der Waals surface area (Å²) in [6.45, 7) is 3.24. The molecule has 1 amide bonds.